The van der Waals surface area contributed by atoms with Gasteiger partial charge in [0.1, 0.15) is 11.5 Å². The van der Waals surface area contributed by atoms with Gasteiger partial charge in [0.25, 0.3) is 10.0 Å². The molecule has 212 valence electrons. The largest absolute Gasteiger partial charge is 0.458 e. The highest BCUT2D eigenvalue weighted by Crippen LogP contribution is 2.49. The number of ether oxygens (including phenoxy) is 1. The van der Waals surface area contributed by atoms with Gasteiger partial charge in [0.15, 0.2) is 10.8 Å². The molecule has 1 aliphatic heterocycles. The van der Waals surface area contributed by atoms with Crippen molar-refractivity contribution >= 4 is 27.5 Å². The number of ketones is 1. The van der Waals surface area contributed by atoms with Crippen LogP contribution in [-0.2, 0) is 31.4 Å². The van der Waals surface area contributed by atoms with Gasteiger partial charge in [-0.3, -0.25) is 14.3 Å². The number of anilines is 1. The second-order valence-corrected chi connectivity index (χ2v) is 14.8. The molecule has 1 N–H and O–H groups in total. The zero-order valence-electron chi connectivity index (χ0n) is 23.5. The minimum atomic E-state index is -3.89. The number of nitrogens with zero attached hydrogens (tertiary/aromatic N) is 2. The third-order valence-electron chi connectivity index (χ3n) is 8.55. The average Bonchev–Trinajstić information content (AvgIpc) is 3.77. The van der Waals surface area contributed by atoms with Gasteiger partial charge in [-0.1, -0.05) is 58.6 Å². The number of Topliss-reactive ketones (excluding diaryl/α,β-unsaturated/α-hetero) is 1. The molecule has 2 aromatic rings. The van der Waals surface area contributed by atoms with Gasteiger partial charge in [0, 0.05) is 31.3 Å². The molecule has 2 saturated carbocycles. The van der Waals surface area contributed by atoms with E-state index >= 15 is 0 Å². The first-order valence-corrected chi connectivity index (χ1v) is 15.7. The first kappa shape index (κ1) is 27.9. The molecule has 39 heavy (non-hydrogen) atoms. The highest BCUT2D eigenvalue weighted by atomic mass is 32.2. The minimum absolute atomic E-state index is 0.0581. The van der Waals surface area contributed by atoms with Gasteiger partial charge < -0.3 is 9.30 Å². The third-order valence-corrected chi connectivity index (χ3v) is 9.81. The maximum atomic E-state index is 13.9. The van der Waals surface area contributed by atoms with Gasteiger partial charge in [-0.2, -0.15) is 8.42 Å². The molecule has 0 bridgehead atoms. The van der Waals surface area contributed by atoms with E-state index in [4.69, 9.17) is 4.74 Å². The summed E-state index contributed by atoms with van der Waals surface area (Å²) in [5.74, 6) is -0.484. The predicted molar refractivity (Wildman–Crippen MR) is 149 cm³/mol. The lowest BCUT2D eigenvalue weighted by Crippen LogP contribution is -2.51. The van der Waals surface area contributed by atoms with Crippen LogP contribution in [0.25, 0.3) is 0 Å². The summed E-state index contributed by atoms with van der Waals surface area (Å²) in [7, 11) is -2.19. The van der Waals surface area contributed by atoms with Crippen molar-refractivity contribution in [1.82, 2.24) is 9.55 Å². The molecule has 0 spiro atoms. The molecular weight excluding hydrogens is 514 g/mol. The molecule has 1 aromatic carbocycles. The average molecular weight is 556 g/mol. The Morgan fingerprint density at radius 2 is 1.74 bits per heavy atom. The number of aryl methyl sites for hydroxylation is 1. The lowest BCUT2D eigenvalue weighted by Gasteiger charge is -2.44. The lowest BCUT2D eigenvalue weighted by atomic mass is 9.65. The molecule has 2 atom stereocenters. The number of carbonyl (C=O) groups is 2. The molecule has 3 aliphatic rings. The van der Waals surface area contributed by atoms with Crippen molar-refractivity contribution in [1.29, 1.82) is 0 Å². The van der Waals surface area contributed by atoms with Crippen molar-refractivity contribution < 1.29 is 22.7 Å². The summed E-state index contributed by atoms with van der Waals surface area (Å²) in [6.45, 7) is 6.01. The number of esters is 1. The SMILES string of the molecule is Cn1cnc(S(=O)(=O)Nc2cccc(C(C3C(=O)CC(CCC4CC4)(CCC4CC4)OC3=O)C(C)(C)C)c2)c1. The summed E-state index contributed by atoms with van der Waals surface area (Å²) in [4.78, 5) is 31.6. The van der Waals surface area contributed by atoms with E-state index in [2.05, 4.69) is 9.71 Å². The number of sulfonamides is 1. The Bertz CT molecular complexity index is 1300. The van der Waals surface area contributed by atoms with Gasteiger partial charge in [-0.15, -0.1) is 0 Å². The van der Waals surface area contributed by atoms with E-state index in [0.29, 0.717) is 17.5 Å². The number of aromatic nitrogens is 2. The molecule has 0 amide bonds. The van der Waals surface area contributed by atoms with E-state index in [9.17, 15) is 18.0 Å². The minimum Gasteiger partial charge on any atom is -0.458 e. The van der Waals surface area contributed by atoms with Crippen molar-refractivity contribution in [3.63, 3.8) is 0 Å². The van der Waals surface area contributed by atoms with E-state index < -0.39 is 38.8 Å². The van der Waals surface area contributed by atoms with E-state index in [-0.39, 0.29) is 17.2 Å². The topological polar surface area (TPSA) is 107 Å². The van der Waals surface area contributed by atoms with Crippen molar-refractivity contribution in [2.75, 3.05) is 4.72 Å². The Hall–Kier alpha value is -2.68. The van der Waals surface area contributed by atoms with E-state index in [1.165, 1.54) is 38.2 Å². The van der Waals surface area contributed by atoms with Crippen LogP contribution in [0, 0.1) is 23.2 Å². The van der Waals surface area contributed by atoms with Crippen LogP contribution in [0.15, 0.2) is 41.8 Å². The zero-order valence-corrected chi connectivity index (χ0v) is 24.3. The van der Waals surface area contributed by atoms with Crippen LogP contribution in [-0.4, -0.2) is 35.3 Å². The van der Waals surface area contributed by atoms with Gasteiger partial charge in [-0.25, -0.2) is 4.98 Å². The summed E-state index contributed by atoms with van der Waals surface area (Å²) in [5, 5.41) is -0.0810. The number of cyclic esters (lactones) is 1. The molecule has 1 aromatic heterocycles. The Morgan fingerprint density at radius 1 is 1.10 bits per heavy atom. The summed E-state index contributed by atoms with van der Waals surface area (Å²) in [6.07, 6.45) is 11.6. The summed E-state index contributed by atoms with van der Waals surface area (Å²) in [5.41, 5.74) is -0.0621. The summed E-state index contributed by atoms with van der Waals surface area (Å²) >= 11 is 0. The second-order valence-electron chi connectivity index (χ2n) is 13.1. The normalized spacial score (nSPS) is 22.4. The molecular formula is C30H41N3O5S. The number of hydrogen-bond donors (Lipinski definition) is 1. The second kappa shape index (κ2) is 10.4. The van der Waals surface area contributed by atoms with Crippen LogP contribution in [0.1, 0.15) is 90.0 Å². The molecule has 2 unspecified atom stereocenters. The van der Waals surface area contributed by atoms with Gasteiger partial charge in [-0.05, 0) is 60.6 Å². The van der Waals surface area contributed by atoms with Gasteiger partial charge in [0.05, 0.1) is 6.33 Å². The van der Waals surface area contributed by atoms with Crippen LogP contribution in [0.4, 0.5) is 5.69 Å². The predicted octanol–water partition coefficient (Wildman–Crippen LogP) is 5.60. The van der Waals surface area contributed by atoms with Crippen LogP contribution in [0.5, 0.6) is 0 Å². The fraction of sp³-hybridized carbons (Fsp3) is 0.633. The Balaban J connectivity index is 1.39. The summed E-state index contributed by atoms with van der Waals surface area (Å²) in [6, 6.07) is 6.99. The fourth-order valence-corrected chi connectivity index (χ4v) is 7.10. The molecule has 3 fully saturated rings. The molecule has 9 heteroatoms. The smallest absolute Gasteiger partial charge is 0.317 e. The van der Waals surface area contributed by atoms with Crippen LogP contribution >= 0.6 is 0 Å². The highest BCUT2D eigenvalue weighted by molar-refractivity contribution is 7.92. The summed E-state index contributed by atoms with van der Waals surface area (Å²) < 4.78 is 36.2. The van der Waals surface area contributed by atoms with Gasteiger partial charge in [0.2, 0.25) is 0 Å². The van der Waals surface area contributed by atoms with E-state index in [1.807, 2.05) is 26.8 Å². The van der Waals surface area contributed by atoms with Crippen LogP contribution in [0.3, 0.4) is 0 Å². The first-order valence-electron chi connectivity index (χ1n) is 14.2. The number of carbonyl (C=O) groups excluding carboxylic acids is 2. The Labute approximate surface area is 232 Å². The Kier molecular flexibility index (Phi) is 7.42. The first-order chi connectivity index (χ1) is 18.4. The van der Waals surface area contributed by atoms with Crippen molar-refractivity contribution in [2.45, 2.75) is 95.1 Å². The molecule has 5 rings (SSSR count). The lowest BCUT2D eigenvalue weighted by molar-refractivity contribution is -0.182. The van der Waals surface area contributed by atoms with E-state index in [0.717, 1.165) is 31.2 Å². The quantitative estimate of drug-likeness (QED) is 0.286. The van der Waals surface area contributed by atoms with E-state index in [1.54, 1.807) is 29.8 Å². The zero-order chi connectivity index (χ0) is 28.0. The maximum absolute atomic E-state index is 13.9. The molecule has 8 nitrogen and oxygen atoms in total. The number of hydrogen-bond acceptors (Lipinski definition) is 6. The Morgan fingerprint density at radius 3 is 2.26 bits per heavy atom. The number of rotatable bonds is 11. The molecule has 1 saturated heterocycles. The van der Waals surface area contributed by atoms with Crippen molar-refractivity contribution in [3.05, 3.63) is 42.4 Å². The molecule has 2 aliphatic carbocycles. The number of imidazole rings is 1. The number of benzene rings is 1. The van der Waals surface area contributed by atoms with Crippen molar-refractivity contribution in [3.8, 4) is 0 Å². The standard InChI is InChI=1S/C30H41N3O5S/c1-29(2,3)27(22-6-5-7-23(16-22)32-39(36,37)25-18-33(4)19-31-25)26-24(34)17-30(38-28(26)35,14-12-20-8-9-20)15-13-21-10-11-21/h5-7,16,18-21,26-27,32H,8-15,17H2,1-4H3. The van der Waals surface area contributed by atoms with Gasteiger partial charge >= 0.3 is 5.97 Å². The molecule has 2 heterocycles. The fourth-order valence-electron chi connectivity index (χ4n) is 6.07. The highest BCUT2D eigenvalue weighted by Gasteiger charge is 2.52. The monoisotopic (exact) mass is 555 g/mol. The third kappa shape index (κ3) is 6.56. The number of nitrogens with one attached hydrogen (secondary N) is 1. The van der Waals surface area contributed by atoms with Crippen molar-refractivity contribution in [2.24, 2.45) is 30.2 Å². The maximum Gasteiger partial charge on any atom is 0.317 e. The molecule has 0 radical (unpaired) electrons. The van der Waals surface area contributed by atoms with Crippen LogP contribution < -0.4 is 4.72 Å². The van der Waals surface area contributed by atoms with Crippen LogP contribution in [0.2, 0.25) is 0 Å².